The van der Waals surface area contributed by atoms with Gasteiger partial charge in [-0.05, 0) is 43.0 Å². The summed E-state index contributed by atoms with van der Waals surface area (Å²) in [6.45, 7) is 2.32. The van der Waals surface area contributed by atoms with Crippen LogP contribution in [0.3, 0.4) is 0 Å². The second-order valence-corrected chi connectivity index (χ2v) is 7.20. The van der Waals surface area contributed by atoms with Crippen LogP contribution in [0.4, 0.5) is 5.69 Å². The average molecular weight is 360 g/mol. The van der Waals surface area contributed by atoms with Gasteiger partial charge in [0.1, 0.15) is 0 Å². The lowest BCUT2D eigenvalue weighted by Crippen LogP contribution is -2.34. The Morgan fingerprint density at radius 2 is 1.89 bits per heavy atom. The minimum absolute atomic E-state index is 0.141. The van der Waals surface area contributed by atoms with Gasteiger partial charge in [-0.15, -0.1) is 0 Å². The first-order valence-electron chi connectivity index (χ1n) is 9.36. The number of hydrogen-bond donors (Lipinski definition) is 0. The minimum atomic E-state index is 0.141. The van der Waals surface area contributed by atoms with E-state index in [0.29, 0.717) is 12.3 Å². The van der Waals surface area contributed by atoms with Crippen LogP contribution in [0, 0.1) is 5.92 Å². The Balaban J connectivity index is 1.48. The molecule has 0 atom stereocenters. The minimum Gasteiger partial charge on any atom is -0.381 e. The lowest BCUT2D eigenvalue weighted by molar-refractivity contribution is -0.117. The van der Waals surface area contributed by atoms with Crippen molar-refractivity contribution in [3.05, 3.63) is 48.5 Å². The fourth-order valence-corrected chi connectivity index (χ4v) is 3.89. The van der Waals surface area contributed by atoms with Gasteiger partial charge in [-0.2, -0.15) is 0 Å². The molecule has 0 aromatic carbocycles. The van der Waals surface area contributed by atoms with E-state index in [1.165, 1.54) is 0 Å². The maximum Gasteiger partial charge on any atom is 0.233 e. The van der Waals surface area contributed by atoms with Crippen molar-refractivity contribution in [1.29, 1.82) is 0 Å². The van der Waals surface area contributed by atoms with E-state index in [4.69, 9.17) is 4.74 Å². The van der Waals surface area contributed by atoms with Gasteiger partial charge in [-0.25, -0.2) is 9.97 Å². The predicted molar refractivity (Wildman–Crippen MR) is 102 cm³/mol. The fourth-order valence-electron chi connectivity index (χ4n) is 3.89. The molecular formula is C21H20N4O2. The molecule has 6 heteroatoms. The second kappa shape index (κ2) is 6.70. The van der Waals surface area contributed by atoms with Crippen LogP contribution >= 0.6 is 0 Å². The molecule has 1 amide bonds. The molecule has 6 nitrogen and oxygen atoms in total. The van der Waals surface area contributed by atoms with Crippen molar-refractivity contribution in [3.63, 3.8) is 0 Å². The maximum atomic E-state index is 12.6. The van der Waals surface area contributed by atoms with E-state index >= 15 is 0 Å². The molecule has 3 aromatic rings. The number of amides is 1. The molecule has 3 aromatic heterocycles. The highest BCUT2D eigenvalue weighted by Gasteiger charge is 2.31. The van der Waals surface area contributed by atoms with E-state index in [2.05, 4.69) is 27.1 Å². The van der Waals surface area contributed by atoms with Crippen LogP contribution in [0.2, 0.25) is 0 Å². The summed E-state index contributed by atoms with van der Waals surface area (Å²) in [6.07, 6.45) is 7.80. The lowest BCUT2D eigenvalue weighted by Gasteiger charge is -2.27. The predicted octanol–water partition coefficient (Wildman–Crippen LogP) is 3.01. The van der Waals surface area contributed by atoms with E-state index in [0.717, 1.165) is 66.1 Å². The topological polar surface area (TPSA) is 68.2 Å². The molecule has 0 N–H and O–H groups in total. The molecule has 1 saturated heterocycles. The highest BCUT2D eigenvalue weighted by atomic mass is 16.5. The molecule has 0 unspecified atom stereocenters. The highest BCUT2D eigenvalue weighted by Crippen LogP contribution is 2.33. The highest BCUT2D eigenvalue weighted by molar-refractivity contribution is 6.01. The Hall–Kier alpha value is -2.86. The monoisotopic (exact) mass is 360 g/mol. The fraction of sp³-hybridized carbons (Fsp3) is 0.333. The van der Waals surface area contributed by atoms with Crippen LogP contribution in [-0.2, 0) is 16.0 Å². The van der Waals surface area contributed by atoms with Crippen LogP contribution in [0.1, 0.15) is 18.5 Å². The summed E-state index contributed by atoms with van der Waals surface area (Å²) in [5.74, 6) is 0.632. The van der Waals surface area contributed by atoms with E-state index < -0.39 is 0 Å². The molecular weight excluding hydrogens is 340 g/mol. The third-order valence-corrected chi connectivity index (χ3v) is 5.43. The summed E-state index contributed by atoms with van der Waals surface area (Å²) in [6, 6.07) is 8.05. The van der Waals surface area contributed by atoms with Crippen molar-refractivity contribution in [2.45, 2.75) is 19.3 Å². The summed E-state index contributed by atoms with van der Waals surface area (Å²) in [5, 5.41) is 0.991. The van der Waals surface area contributed by atoms with Gasteiger partial charge in [0.25, 0.3) is 0 Å². The summed E-state index contributed by atoms with van der Waals surface area (Å²) >= 11 is 0. The molecule has 136 valence electrons. The number of pyridine rings is 3. The van der Waals surface area contributed by atoms with Crippen molar-refractivity contribution >= 4 is 22.6 Å². The molecule has 2 aliphatic rings. The van der Waals surface area contributed by atoms with E-state index in [1.54, 1.807) is 6.20 Å². The molecule has 5 rings (SSSR count). The third-order valence-electron chi connectivity index (χ3n) is 5.43. The van der Waals surface area contributed by atoms with Crippen LogP contribution in [-0.4, -0.2) is 40.6 Å². The van der Waals surface area contributed by atoms with Gasteiger partial charge in [0.15, 0.2) is 5.65 Å². The molecule has 0 saturated carbocycles. The number of rotatable bonds is 3. The first-order valence-corrected chi connectivity index (χ1v) is 9.36. The normalized spacial score (nSPS) is 17.5. The van der Waals surface area contributed by atoms with Gasteiger partial charge in [0.05, 0.1) is 17.8 Å². The molecule has 0 spiro atoms. The van der Waals surface area contributed by atoms with Gasteiger partial charge in [0.2, 0.25) is 5.91 Å². The van der Waals surface area contributed by atoms with Crippen molar-refractivity contribution in [2.24, 2.45) is 5.92 Å². The molecule has 2 aliphatic heterocycles. The van der Waals surface area contributed by atoms with Gasteiger partial charge >= 0.3 is 0 Å². The quantitative estimate of drug-likeness (QED) is 0.718. The third kappa shape index (κ3) is 3.06. The summed E-state index contributed by atoms with van der Waals surface area (Å²) in [7, 11) is 0. The molecule has 27 heavy (non-hydrogen) atoms. The van der Waals surface area contributed by atoms with E-state index in [1.807, 2.05) is 29.4 Å². The zero-order chi connectivity index (χ0) is 18.2. The Labute approximate surface area is 157 Å². The van der Waals surface area contributed by atoms with Gasteiger partial charge in [-0.3, -0.25) is 9.78 Å². The number of ether oxygens (including phenoxy) is 1. The van der Waals surface area contributed by atoms with Crippen molar-refractivity contribution in [2.75, 3.05) is 24.7 Å². The van der Waals surface area contributed by atoms with E-state index in [-0.39, 0.29) is 5.91 Å². The number of carbonyl (C=O) groups excluding carboxylic acids is 1. The summed E-state index contributed by atoms with van der Waals surface area (Å²) < 4.78 is 5.44. The Bertz CT molecular complexity index is 1010. The smallest absolute Gasteiger partial charge is 0.233 e. The first-order chi connectivity index (χ1) is 13.3. The number of fused-ring (bicyclic) bond motifs is 2. The Morgan fingerprint density at radius 1 is 1.07 bits per heavy atom. The van der Waals surface area contributed by atoms with Gasteiger partial charge in [0, 0.05) is 54.9 Å². The Kier molecular flexibility index (Phi) is 4.05. The largest absolute Gasteiger partial charge is 0.381 e. The lowest BCUT2D eigenvalue weighted by atomic mass is 9.99. The van der Waals surface area contributed by atoms with E-state index in [9.17, 15) is 4.79 Å². The van der Waals surface area contributed by atoms with Crippen molar-refractivity contribution < 1.29 is 9.53 Å². The number of aromatic nitrogens is 3. The zero-order valence-electron chi connectivity index (χ0n) is 15.0. The van der Waals surface area contributed by atoms with Gasteiger partial charge in [-0.1, -0.05) is 0 Å². The van der Waals surface area contributed by atoms with Gasteiger partial charge < -0.3 is 9.64 Å². The number of nitrogens with zero attached hydrogens (tertiary/aromatic N) is 4. The summed E-state index contributed by atoms with van der Waals surface area (Å²) in [5.41, 5.74) is 4.49. The van der Waals surface area contributed by atoms with Crippen LogP contribution in [0.15, 0.2) is 42.9 Å². The summed E-state index contributed by atoms with van der Waals surface area (Å²) in [4.78, 5) is 27.8. The number of anilines is 1. The molecule has 0 radical (unpaired) electrons. The van der Waals surface area contributed by atoms with Crippen LogP contribution in [0.5, 0.6) is 0 Å². The molecule has 0 aliphatic carbocycles. The Morgan fingerprint density at radius 3 is 2.78 bits per heavy atom. The van der Waals surface area contributed by atoms with Crippen molar-refractivity contribution in [3.8, 4) is 11.1 Å². The zero-order valence-corrected chi connectivity index (χ0v) is 15.0. The van der Waals surface area contributed by atoms with Crippen LogP contribution < -0.4 is 4.90 Å². The molecule has 1 fully saturated rings. The molecule has 5 heterocycles. The number of hydrogen-bond acceptors (Lipinski definition) is 5. The van der Waals surface area contributed by atoms with Crippen LogP contribution in [0.25, 0.3) is 22.2 Å². The first kappa shape index (κ1) is 16.3. The number of carbonyl (C=O) groups is 1. The van der Waals surface area contributed by atoms with Crippen molar-refractivity contribution in [1.82, 2.24) is 15.0 Å². The molecule has 0 bridgehead atoms. The standard InChI is InChI=1S/C21H20N4O2/c26-20-10-18-19(25(20)13-14-3-6-27-7-4-14)9-17(11-23-18)16-8-15-2-1-5-22-21(15)24-12-16/h1-2,5,8-9,11-12,14H,3-4,6-7,10,13H2. The second-order valence-electron chi connectivity index (χ2n) is 7.20. The SMILES string of the molecule is O=C1Cc2ncc(-c3cnc4ncccc4c3)cc2N1CC1CCOCC1. The average Bonchev–Trinajstić information content (AvgIpc) is 3.03. The maximum absolute atomic E-state index is 12.6.